The SMILES string of the molecule is COc1cc(C(=O)NCCCCCCNc2ccccc2)cc(OC)c1OC. The number of carbonyl (C=O) groups excluding carboxylic acids is 1. The first-order valence-corrected chi connectivity index (χ1v) is 9.56. The van der Waals surface area contributed by atoms with E-state index in [-0.39, 0.29) is 5.91 Å². The van der Waals surface area contributed by atoms with E-state index in [0.29, 0.717) is 29.4 Å². The largest absolute Gasteiger partial charge is 0.493 e. The number of ether oxygens (including phenoxy) is 3. The van der Waals surface area contributed by atoms with Crippen LogP contribution >= 0.6 is 0 Å². The van der Waals surface area contributed by atoms with Crippen LogP contribution in [0.5, 0.6) is 17.2 Å². The number of anilines is 1. The molecule has 0 bridgehead atoms. The molecule has 0 aliphatic heterocycles. The Balaban J connectivity index is 1.68. The lowest BCUT2D eigenvalue weighted by Gasteiger charge is -2.14. The number of nitrogens with one attached hydrogen (secondary N) is 2. The lowest BCUT2D eigenvalue weighted by atomic mass is 10.1. The molecule has 0 saturated heterocycles. The molecule has 2 N–H and O–H groups in total. The van der Waals surface area contributed by atoms with E-state index in [2.05, 4.69) is 22.8 Å². The lowest BCUT2D eigenvalue weighted by molar-refractivity contribution is 0.0952. The molecule has 2 aromatic rings. The summed E-state index contributed by atoms with van der Waals surface area (Å²) < 4.78 is 15.9. The molecule has 0 aliphatic rings. The number of rotatable bonds is 12. The number of hydrogen-bond acceptors (Lipinski definition) is 5. The van der Waals surface area contributed by atoms with Gasteiger partial charge in [0.1, 0.15) is 0 Å². The summed E-state index contributed by atoms with van der Waals surface area (Å²) in [6.45, 7) is 1.60. The van der Waals surface area contributed by atoms with Crippen molar-refractivity contribution in [3.05, 3.63) is 48.0 Å². The summed E-state index contributed by atoms with van der Waals surface area (Å²) in [5.74, 6) is 1.27. The second-order valence-electron chi connectivity index (χ2n) is 6.38. The lowest BCUT2D eigenvalue weighted by Crippen LogP contribution is -2.24. The van der Waals surface area contributed by atoms with Gasteiger partial charge in [-0.2, -0.15) is 0 Å². The maximum absolute atomic E-state index is 12.4. The van der Waals surface area contributed by atoms with Gasteiger partial charge in [-0.05, 0) is 37.1 Å². The number of hydrogen-bond donors (Lipinski definition) is 2. The first-order chi connectivity index (χ1) is 13.7. The maximum atomic E-state index is 12.4. The molecule has 0 atom stereocenters. The molecule has 2 rings (SSSR count). The molecule has 0 heterocycles. The van der Waals surface area contributed by atoms with Crippen molar-refractivity contribution in [1.82, 2.24) is 5.32 Å². The van der Waals surface area contributed by atoms with Crippen LogP contribution in [0.2, 0.25) is 0 Å². The van der Waals surface area contributed by atoms with E-state index in [1.807, 2.05) is 18.2 Å². The Morgan fingerprint density at radius 1 is 0.821 bits per heavy atom. The standard InChI is InChI=1S/C22H30N2O4/c1-26-19-15-17(16-20(27-2)21(19)28-3)22(25)24-14-10-5-4-9-13-23-18-11-7-6-8-12-18/h6-8,11-12,15-16,23H,4-5,9-10,13-14H2,1-3H3,(H,24,25). The fourth-order valence-electron chi connectivity index (χ4n) is 2.91. The summed E-state index contributed by atoms with van der Waals surface area (Å²) in [5.41, 5.74) is 1.64. The van der Waals surface area contributed by atoms with Crippen molar-refractivity contribution in [2.24, 2.45) is 0 Å². The highest BCUT2D eigenvalue weighted by atomic mass is 16.5. The van der Waals surface area contributed by atoms with Gasteiger partial charge >= 0.3 is 0 Å². The Morgan fingerprint density at radius 2 is 1.43 bits per heavy atom. The molecule has 2 aromatic carbocycles. The zero-order valence-electron chi connectivity index (χ0n) is 16.9. The molecule has 0 radical (unpaired) electrons. The molecule has 0 fully saturated rings. The zero-order chi connectivity index (χ0) is 20.2. The summed E-state index contributed by atoms with van der Waals surface area (Å²) in [4.78, 5) is 12.4. The van der Waals surface area contributed by atoms with E-state index in [1.165, 1.54) is 21.3 Å². The van der Waals surface area contributed by atoms with E-state index in [9.17, 15) is 4.79 Å². The Morgan fingerprint density at radius 3 is 2.00 bits per heavy atom. The van der Waals surface area contributed by atoms with Crippen molar-refractivity contribution in [1.29, 1.82) is 0 Å². The topological polar surface area (TPSA) is 68.8 Å². The predicted molar refractivity (Wildman–Crippen MR) is 112 cm³/mol. The van der Waals surface area contributed by atoms with Crippen LogP contribution in [0.1, 0.15) is 36.0 Å². The van der Waals surface area contributed by atoms with Crippen molar-refractivity contribution in [2.75, 3.05) is 39.7 Å². The van der Waals surface area contributed by atoms with Crippen molar-refractivity contribution in [3.63, 3.8) is 0 Å². The maximum Gasteiger partial charge on any atom is 0.251 e. The van der Waals surface area contributed by atoms with Crippen LogP contribution in [0, 0.1) is 0 Å². The normalized spacial score (nSPS) is 10.2. The summed E-state index contributed by atoms with van der Waals surface area (Å²) in [5, 5.41) is 6.35. The molecule has 0 aliphatic carbocycles. The summed E-state index contributed by atoms with van der Waals surface area (Å²) >= 11 is 0. The predicted octanol–water partition coefficient (Wildman–Crippen LogP) is 4.11. The Bertz CT molecular complexity index is 710. The minimum atomic E-state index is -0.148. The minimum absolute atomic E-state index is 0.148. The highest BCUT2D eigenvalue weighted by Gasteiger charge is 2.16. The van der Waals surface area contributed by atoms with Crippen LogP contribution < -0.4 is 24.8 Å². The molecule has 0 unspecified atom stereocenters. The third-order valence-electron chi connectivity index (χ3n) is 4.42. The van der Waals surface area contributed by atoms with Crippen molar-refractivity contribution < 1.29 is 19.0 Å². The minimum Gasteiger partial charge on any atom is -0.493 e. The van der Waals surface area contributed by atoms with Gasteiger partial charge in [0.15, 0.2) is 11.5 Å². The van der Waals surface area contributed by atoms with E-state index < -0.39 is 0 Å². The monoisotopic (exact) mass is 386 g/mol. The van der Waals surface area contributed by atoms with Crippen molar-refractivity contribution in [3.8, 4) is 17.2 Å². The molecule has 0 spiro atoms. The molecule has 0 saturated carbocycles. The number of benzene rings is 2. The summed E-state index contributed by atoms with van der Waals surface area (Å²) in [7, 11) is 4.60. The number of para-hydroxylation sites is 1. The molecule has 152 valence electrons. The van der Waals surface area contributed by atoms with Gasteiger partial charge in [0, 0.05) is 24.3 Å². The van der Waals surface area contributed by atoms with E-state index in [4.69, 9.17) is 14.2 Å². The molecular weight excluding hydrogens is 356 g/mol. The smallest absolute Gasteiger partial charge is 0.251 e. The number of amides is 1. The van der Waals surface area contributed by atoms with Crippen molar-refractivity contribution in [2.45, 2.75) is 25.7 Å². The van der Waals surface area contributed by atoms with E-state index >= 15 is 0 Å². The van der Waals surface area contributed by atoms with Crippen LogP contribution in [-0.4, -0.2) is 40.3 Å². The van der Waals surface area contributed by atoms with Gasteiger partial charge in [-0.1, -0.05) is 31.0 Å². The molecule has 1 amide bonds. The summed E-state index contributed by atoms with van der Waals surface area (Å²) in [6.07, 6.45) is 4.25. The number of unbranched alkanes of at least 4 members (excludes halogenated alkanes) is 3. The van der Waals surface area contributed by atoms with E-state index in [1.54, 1.807) is 12.1 Å². The quantitative estimate of drug-likeness (QED) is 0.537. The number of methoxy groups -OCH3 is 3. The first-order valence-electron chi connectivity index (χ1n) is 9.56. The Hall–Kier alpha value is -2.89. The van der Waals surface area contributed by atoms with Gasteiger partial charge in [-0.3, -0.25) is 4.79 Å². The van der Waals surface area contributed by atoms with Crippen LogP contribution in [0.15, 0.2) is 42.5 Å². The van der Waals surface area contributed by atoms with Gasteiger partial charge in [-0.25, -0.2) is 0 Å². The molecule has 0 aromatic heterocycles. The molecule has 6 nitrogen and oxygen atoms in total. The third kappa shape index (κ3) is 6.37. The van der Waals surface area contributed by atoms with Gasteiger partial charge in [-0.15, -0.1) is 0 Å². The van der Waals surface area contributed by atoms with Crippen LogP contribution in [0.3, 0.4) is 0 Å². The average Bonchev–Trinajstić information content (AvgIpc) is 2.74. The number of carbonyl (C=O) groups is 1. The van der Waals surface area contributed by atoms with Gasteiger partial charge in [0.05, 0.1) is 21.3 Å². The van der Waals surface area contributed by atoms with Gasteiger partial charge < -0.3 is 24.8 Å². The van der Waals surface area contributed by atoms with Crippen LogP contribution in [-0.2, 0) is 0 Å². The summed E-state index contributed by atoms with van der Waals surface area (Å²) in [6, 6.07) is 13.5. The molecular formula is C22H30N2O4. The van der Waals surface area contributed by atoms with Crippen LogP contribution in [0.25, 0.3) is 0 Å². The highest BCUT2D eigenvalue weighted by molar-refractivity contribution is 5.95. The van der Waals surface area contributed by atoms with Crippen LogP contribution in [0.4, 0.5) is 5.69 Å². The molecule has 6 heteroatoms. The fourth-order valence-corrected chi connectivity index (χ4v) is 2.91. The average molecular weight is 386 g/mol. The Kier molecular flexibility index (Phi) is 8.98. The first kappa shape index (κ1) is 21.4. The highest BCUT2D eigenvalue weighted by Crippen LogP contribution is 2.38. The van der Waals surface area contributed by atoms with Crippen molar-refractivity contribution >= 4 is 11.6 Å². The van der Waals surface area contributed by atoms with E-state index in [0.717, 1.165) is 37.9 Å². The zero-order valence-corrected chi connectivity index (χ0v) is 16.9. The fraction of sp³-hybridized carbons (Fsp3) is 0.409. The third-order valence-corrected chi connectivity index (χ3v) is 4.42. The second-order valence-corrected chi connectivity index (χ2v) is 6.38. The molecule has 28 heavy (non-hydrogen) atoms. The second kappa shape index (κ2) is 11.7. The van der Waals surface area contributed by atoms with Gasteiger partial charge in [0.25, 0.3) is 5.91 Å². The van der Waals surface area contributed by atoms with Gasteiger partial charge in [0.2, 0.25) is 5.75 Å². The Labute approximate surface area is 167 Å².